The van der Waals surface area contributed by atoms with Crippen molar-refractivity contribution in [1.82, 2.24) is 9.97 Å². The molecular formula is C12H20N4O2. The molecule has 1 atom stereocenters. The van der Waals surface area contributed by atoms with Crippen LogP contribution in [-0.2, 0) is 0 Å². The van der Waals surface area contributed by atoms with E-state index in [1.165, 1.54) is 6.33 Å². The highest BCUT2D eigenvalue weighted by Crippen LogP contribution is 2.34. The van der Waals surface area contributed by atoms with E-state index in [2.05, 4.69) is 15.3 Å². The highest BCUT2D eigenvalue weighted by molar-refractivity contribution is 5.64. The summed E-state index contributed by atoms with van der Waals surface area (Å²) in [6.07, 6.45) is 3.26. The van der Waals surface area contributed by atoms with Crippen LogP contribution in [0.2, 0.25) is 0 Å². The summed E-state index contributed by atoms with van der Waals surface area (Å²) in [6.45, 7) is 3.28. The zero-order valence-corrected chi connectivity index (χ0v) is 11.1. The number of nitrogens with one attached hydrogen (secondary N) is 1. The van der Waals surface area contributed by atoms with Gasteiger partial charge in [-0.1, -0.05) is 0 Å². The highest BCUT2D eigenvalue weighted by Gasteiger charge is 2.31. The topological polar surface area (TPSA) is 70.5 Å². The van der Waals surface area contributed by atoms with Gasteiger partial charge >= 0.3 is 0 Å². The second-order valence-corrected chi connectivity index (χ2v) is 4.85. The van der Waals surface area contributed by atoms with E-state index in [1.807, 2.05) is 11.8 Å². The molecule has 0 bridgehead atoms. The Balaban J connectivity index is 2.32. The average molecular weight is 252 g/mol. The fourth-order valence-corrected chi connectivity index (χ4v) is 2.36. The molecule has 0 aromatic carbocycles. The van der Waals surface area contributed by atoms with Crippen molar-refractivity contribution in [2.45, 2.75) is 25.4 Å². The van der Waals surface area contributed by atoms with Crippen LogP contribution in [0.25, 0.3) is 0 Å². The van der Waals surface area contributed by atoms with E-state index >= 15 is 0 Å². The first-order valence-electron chi connectivity index (χ1n) is 6.11. The maximum Gasteiger partial charge on any atom is 0.204 e. The van der Waals surface area contributed by atoms with Gasteiger partial charge in [0.15, 0.2) is 11.6 Å². The van der Waals surface area contributed by atoms with Crippen molar-refractivity contribution in [3.63, 3.8) is 0 Å². The van der Waals surface area contributed by atoms with Gasteiger partial charge in [-0.3, -0.25) is 0 Å². The van der Waals surface area contributed by atoms with Gasteiger partial charge in [-0.25, -0.2) is 9.97 Å². The Morgan fingerprint density at radius 3 is 2.89 bits per heavy atom. The number of anilines is 2. The fraction of sp³-hybridized carbons (Fsp3) is 0.667. The molecule has 0 saturated carbocycles. The Morgan fingerprint density at radius 2 is 2.28 bits per heavy atom. The minimum atomic E-state index is -0.673. The third kappa shape index (κ3) is 2.48. The molecule has 0 radical (unpaired) electrons. The number of ether oxygens (including phenoxy) is 1. The van der Waals surface area contributed by atoms with Gasteiger partial charge in [0.2, 0.25) is 5.75 Å². The van der Waals surface area contributed by atoms with Gasteiger partial charge in [0.05, 0.1) is 12.7 Å². The van der Waals surface area contributed by atoms with Crippen molar-refractivity contribution in [1.29, 1.82) is 0 Å². The van der Waals surface area contributed by atoms with Gasteiger partial charge in [-0.15, -0.1) is 0 Å². The van der Waals surface area contributed by atoms with Gasteiger partial charge in [0, 0.05) is 20.1 Å². The third-order valence-electron chi connectivity index (χ3n) is 3.20. The SMILES string of the molecule is CNc1ncnc(N2CCCC(C)(O)C2)c1OC. The summed E-state index contributed by atoms with van der Waals surface area (Å²) < 4.78 is 5.38. The van der Waals surface area contributed by atoms with Gasteiger partial charge in [0.1, 0.15) is 6.33 Å². The molecular weight excluding hydrogens is 232 g/mol. The van der Waals surface area contributed by atoms with E-state index in [0.717, 1.165) is 25.2 Å². The Hall–Kier alpha value is -1.56. The van der Waals surface area contributed by atoms with E-state index in [9.17, 15) is 5.11 Å². The molecule has 6 nitrogen and oxygen atoms in total. The van der Waals surface area contributed by atoms with Crippen LogP contribution in [0.15, 0.2) is 6.33 Å². The molecule has 1 aromatic rings. The second kappa shape index (κ2) is 4.97. The maximum atomic E-state index is 10.2. The zero-order chi connectivity index (χ0) is 13.2. The van der Waals surface area contributed by atoms with Crippen molar-refractivity contribution in [2.24, 2.45) is 0 Å². The zero-order valence-electron chi connectivity index (χ0n) is 11.1. The normalized spacial score (nSPS) is 23.9. The fourth-order valence-electron chi connectivity index (χ4n) is 2.36. The number of hydrogen-bond acceptors (Lipinski definition) is 6. The van der Waals surface area contributed by atoms with Gasteiger partial charge < -0.3 is 20.1 Å². The first-order chi connectivity index (χ1) is 8.57. The monoisotopic (exact) mass is 252 g/mol. The predicted molar refractivity (Wildman–Crippen MR) is 70.2 cm³/mol. The quantitative estimate of drug-likeness (QED) is 0.832. The minimum Gasteiger partial charge on any atom is -0.490 e. The van der Waals surface area contributed by atoms with Crippen LogP contribution in [0.1, 0.15) is 19.8 Å². The summed E-state index contributed by atoms with van der Waals surface area (Å²) in [5.41, 5.74) is -0.673. The van der Waals surface area contributed by atoms with Crippen molar-refractivity contribution in [3.8, 4) is 5.75 Å². The first kappa shape index (κ1) is 12.9. The van der Waals surface area contributed by atoms with Crippen molar-refractivity contribution in [2.75, 3.05) is 37.5 Å². The van der Waals surface area contributed by atoms with Crippen LogP contribution in [0.4, 0.5) is 11.6 Å². The Labute approximate surface area is 107 Å². The number of rotatable bonds is 3. The number of piperidine rings is 1. The summed E-state index contributed by atoms with van der Waals surface area (Å²) in [7, 11) is 3.39. The summed E-state index contributed by atoms with van der Waals surface area (Å²) in [5, 5.41) is 13.1. The molecule has 1 saturated heterocycles. The molecule has 1 fully saturated rings. The lowest BCUT2D eigenvalue weighted by Crippen LogP contribution is -2.46. The first-order valence-corrected chi connectivity index (χ1v) is 6.11. The molecule has 0 amide bonds. The molecule has 0 aliphatic carbocycles. The lowest BCUT2D eigenvalue weighted by molar-refractivity contribution is 0.0446. The maximum absolute atomic E-state index is 10.2. The third-order valence-corrected chi connectivity index (χ3v) is 3.20. The molecule has 1 unspecified atom stereocenters. The molecule has 0 spiro atoms. The van der Waals surface area contributed by atoms with Crippen LogP contribution in [0.5, 0.6) is 5.75 Å². The minimum absolute atomic E-state index is 0.559. The molecule has 2 heterocycles. The summed E-state index contributed by atoms with van der Waals surface area (Å²) in [4.78, 5) is 10.5. The largest absolute Gasteiger partial charge is 0.490 e. The lowest BCUT2D eigenvalue weighted by atomic mass is 9.95. The second-order valence-electron chi connectivity index (χ2n) is 4.85. The van der Waals surface area contributed by atoms with Crippen LogP contribution < -0.4 is 15.0 Å². The van der Waals surface area contributed by atoms with Gasteiger partial charge in [-0.05, 0) is 19.8 Å². The van der Waals surface area contributed by atoms with Gasteiger partial charge in [-0.2, -0.15) is 0 Å². The number of nitrogens with zero attached hydrogens (tertiary/aromatic N) is 3. The molecule has 1 aliphatic heterocycles. The number of aliphatic hydroxyl groups is 1. The lowest BCUT2D eigenvalue weighted by Gasteiger charge is -2.37. The standard InChI is InChI=1S/C12H20N4O2/c1-12(17)5-4-6-16(7-12)11-9(18-3)10(13-2)14-8-15-11/h8,17H,4-7H2,1-3H3,(H,13,14,15). The summed E-state index contributed by atoms with van der Waals surface area (Å²) in [6, 6.07) is 0. The van der Waals surface area contributed by atoms with Crippen molar-refractivity contribution < 1.29 is 9.84 Å². The molecule has 1 aliphatic rings. The average Bonchev–Trinajstić information content (AvgIpc) is 2.36. The van der Waals surface area contributed by atoms with E-state index < -0.39 is 5.60 Å². The van der Waals surface area contributed by atoms with Crippen LogP contribution >= 0.6 is 0 Å². The molecule has 2 N–H and O–H groups in total. The number of methoxy groups -OCH3 is 1. The van der Waals surface area contributed by atoms with E-state index in [0.29, 0.717) is 18.1 Å². The van der Waals surface area contributed by atoms with Crippen molar-refractivity contribution in [3.05, 3.63) is 6.33 Å². The molecule has 6 heteroatoms. The van der Waals surface area contributed by atoms with E-state index in [-0.39, 0.29) is 0 Å². The highest BCUT2D eigenvalue weighted by atomic mass is 16.5. The van der Waals surface area contributed by atoms with Crippen LogP contribution in [0.3, 0.4) is 0 Å². The molecule has 2 rings (SSSR count). The Kier molecular flexibility index (Phi) is 3.56. The summed E-state index contributed by atoms with van der Waals surface area (Å²) >= 11 is 0. The molecule has 1 aromatic heterocycles. The van der Waals surface area contributed by atoms with Crippen LogP contribution in [-0.4, -0.2) is 47.9 Å². The van der Waals surface area contributed by atoms with Gasteiger partial charge in [0.25, 0.3) is 0 Å². The van der Waals surface area contributed by atoms with Crippen molar-refractivity contribution >= 4 is 11.6 Å². The number of β-amino-alcohol motifs (C(OH)–C–C–N with tert-alkyl or cyclic N) is 1. The number of hydrogen-bond donors (Lipinski definition) is 2. The van der Waals surface area contributed by atoms with E-state index in [1.54, 1.807) is 14.2 Å². The molecule has 18 heavy (non-hydrogen) atoms. The summed E-state index contributed by atoms with van der Waals surface area (Å²) in [5.74, 6) is 2.02. The smallest absolute Gasteiger partial charge is 0.204 e. The predicted octanol–water partition coefficient (Wildman–Crippen LogP) is 0.878. The number of aromatic nitrogens is 2. The van der Waals surface area contributed by atoms with E-state index in [4.69, 9.17) is 4.74 Å². The van der Waals surface area contributed by atoms with Crippen LogP contribution in [0, 0.1) is 0 Å². The Bertz CT molecular complexity index is 423. The molecule has 100 valence electrons. The Morgan fingerprint density at radius 1 is 1.50 bits per heavy atom.